The van der Waals surface area contributed by atoms with E-state index in [-0.39, 0.29) is 17.6 Å². The Kier molecular flexibility index (Phi) is 4.97. The number of hydrogen-bond donors (Lipinski definition) is 1. The summed E-state index contributed by atoms with van der Waals surface area (Å²) in [5, 5.41) is 9.15. The normalized spacial score (nSPS) is 27.0. The van der Waals surface area contributed by atoms with E-state index in [4.69, 9.17) is 5.11 Å². The summed E-state index contributed by atoms with van der Waals surface area (Å²) in [4.78, 5) is 22.6. The van der Waals surface area contributed by atoms with Gasteiger partial charge in [0.2, 0.25) is 0 Å². The first-order valence-electron chi connectivity index (χ1n) is 6.34. The van der Waals surface area contributed by atoms with E-state index in [2.05, 4.69) is 6.92 Å². The Bertz CT molecular complexity index is 260. The number of aliphatic carboxylic acids is 1. The summed E-state index contributed by atoms with van der Waals surface area (Å²) < 4.78 is 0. The Morgan fingerprint density at radius 3 is 2.62 bits per heavy atom. The van der Waals surface area contributed by atoms with Gasteiger partial charge in [-0.3, -0.25) is 9.59 Å². The second-order valence-electron chi connectivity index (χ2n) is 4.87. The van der Waals surface area contributed by atoms with E-state index in [9.17, 15) is 9.59 Å². The topological polar surface area (TPSA) is 54.4 Å². The standard InChI is InChI=1S/C13H22O3/c1-3-5-6-9-7-10(14)8-12(9)11(4-2)13(15)16/h9,11-12H,3-8H2,1-2H3,(H,15,16). The summed E-state index contributed by atoms with van der Waals surface area (Å²) in [7, 11) is 0. The molecule has 3 unspecified atom stereocenters. The van der Waals surface area contributed by atoms with Gasteiger partial charge in [-0.25, -0.2) is 0 Å². The van der Waals surface area contributed by atoms with Gasteiger partial charge in [0.25, 0.3) is 0 Å². The molecule has 0 saturated heterocycles. The summed E-state index contributed by atoms with van der Waals surface area (Å²) in [5.74, 6) is -0.405. The number of ketones is 1. The number of carboxylic acid groups (broad SMARTS) is 1. The third kappa shape index (κ3) is 3.06. The maximum atomic E-state index is 11.5. The highest BCUT2D eigenvalue weighted by Gasteiger charge is 2.39. The Morgan fingerprint density at radius 2 is 2.12 bits per heavy atom. The second-order valence-corrected chi connectivity index (χ2v) is 4.87. The first kappa shape index (κ1) is 13.2. The van der Waals surface area contributed by atoms with Crippen molar-refractivity contribution in [1.29, 1.82) is 0 Å². The average molecular weight is 226 g/mol. The van der Waals surface area contributed by atoms with Gasteiger partial charge in [-0.15, -0.1) is 0 Å². The second kappa shape index (κ2) is 6.02. The molecule has 1 fully saturated rings. The van der Waals surface area contributed by atoms with Gasteiger partial charge in [0.15, 0.2) is 0 Å². The van der Waals surface area contributed by atoms with E-state index >= 15 is 0 Å². The van der Waals surface area contributed by atoms with Gasteiger partial charge in [-0.2, -0.15) is 0 Å². The van der Waals surface area contributed by atoms with Crippen LogP contribution in [0.1, 0.15) is 52.4 Å². The number of hydrogen-bond acceptors (Lipinski definition) is 2. The molecule has 0 aromatic heterocycles. The van der Waals surface area contributed by atoms with E-state index in [1.165, 1.54) is 0 Å². The molecule has 3 heteroatoms. The van der Waals surface area contributed by atoms with Crippen LogP contribution in [-0.4, -0.2) is 16.9 Å². The highest BCUT2D eigenvalue weighted by molar-refractivity contribution is 5.82. The number of carboxylic acids is 1. The Balaban J connectivity index is 2.67. The van der Waals surface area contributed by atoms with Crippen molar-refractivity contribution in [2.45, 2.75) is 52.4 Å². The summed E-state index contributed by atoms with van der Waals surface area (Å²) in [6.45, 7) is 4.03. The van der Waals surface area contributed by atoms with E-state index in [1.54, 1.807) is 0 Å². The molecule has 1 aliphatic carbocycles. The monoisotopic (exact) mass is 226 g/mol. The number of carbonyl (C=O) groups is 2. The molecule has 1 aliphatic rings. The van der Waals surface area contributed by atoms with E-state index in [0.29, 0.717) is 25.2 Å². The Morgan fingerprint density at radius 1 is 1.44 bits per heavy atom. The maximum absolute atomic E-state index is 11.5. The predicted molar refractivity (Wildman–Crippen MR) is 62.2 cm³/mol. The quantitative estimate of drug-likeness (QED) is 0.757. The maximum Gasteiger partial charge on any atom is 0.306 e. The van der Waals surface area contributed by atoms with Crippen LogP contribution < -0.4 is 0 Å². The van der Waals surface area contributed by atoms with E-state index in [0.717, 1.165) is 19.3 Å². The van der Waals surface area contributed by atoms with Gasteiger partial charge in [-0.1, -0.05) is 26.7 Å². The van der Waals surface area contributed by atoms with Gasteiger partial charge in [0, 0.05) is 12.8 Å². The van der Waals surface area contributed by atoms with Crippen LogP contribution in [-0.2, 0) is 9.59 Å². The van der Waals surface area contributed by atoms with Gasteiger partial charge in [0.05, 0.1) is 5.92 Å². The Hall–Kier alpha value is -0.860. The summed E-state index contributed by atoms with van der Waals surface area (Å²) in [6, 6.07) is 0. The molecule has 3 atom stereocenters. The van der Waals surface area contributed by atoms with Gasteiger partial charge < -0.3 is 5.11 Å². The zero-order chi connectivity index (χ0) is 12.1. The third-order valence-corrected chi connectivity index (χ3v) is 3.76. The van der Waals surface area contributed by atoms with Gasteiger partial charge in [-0.05, 0) is 24.7 Å². The zero-order valence-corrected chi connectivity index (χ0v) is 10.2. The number of unbranched alkanes of at least 4 members (excludes halogenated alkanes) is 1. The molecule has 0 radical (unpaired) electrons. The predicted octanol–water partition coefficient (Wildman–Crippen LogP) is 2.88. The van der Waals surface area contributed by atoms with Crippen LogP contribution in [0.15, 0.2) is 0 Å². The minimum atomic E-state index is -0.733. The summed E-state index contributed by atoms with van der Waals surface area (Å²) in [5.41, 5.74) is 0. The molecular weight excluding hydrogens is 204 g/mol. The average Bonchev–Trinajstić information content (AvgIpc) is 2.57. The third-order valence-electron chi connectivity index (χ3n) is 3.76. The van der Waals surface area contributed by atoms with Crippen molar-refractivity contribution in [3.63, 3.8) is 0 Å². The lowest BCUT2D eigenvalue weighted by Gasteiger charge is -2.24. The van der Waals surface area contributed by atoms with Crippen molar-refractivity contribution in [2.24, 2.45) is 17.8 Å². The molecule has 1 rings (SSSR count). The molecule has 0 bridgehead atoms. The lowest BCUT2D eigenvalue weighted by molar-refractivity contribution is -0.144. The zero-order valence-electron chi connectivity index (χ0n) is 10.2. The number of rotatable bonds is 6. The van der Waals surface area contributed by atoms with Crippen LogP contribution >= 0.6 is 0 Å². The minimum absolute atomic E-state index is 0.0848. The lowest BCUT2D eigenvalue weighted by Crippen LogP contribution is -2.26. The van der Waals surface area contributed by atoms with Gasteiger partial charge in [0.1, 0.15) is 5.78 Å². The van der Waals surface area contributed by atoms with Crippen molar-refractivity contribution in [3.8, 4) is 0 Å². The SMILES string of the molecule is CCCCC1CC(=O)CC1C(CC)C(=O)O. The molecule has 0 spiro atoms. The molecule has 0 aromatic carbocycles. The van der Waals surface area contributed by atoms with Crippen molar-refractivity contribution in [3.05, 3.63) is 0 Å². The van der Waals surface area contributed by atoms with Crippen molar-refractivity contribution in [1.82, 2.24) is 0 Å². The van der Waals surface area contributed by atoms with Crippen molar-refractivity contribution < 1.29 is 14.7 Å². The first-order chi connectivity index (χ1) is 7.60. The smallest absolute Gasteiger partial charge is 0.306 e. The number of Topliss-reactive ketones (excluding diaryl/α,β-unsaturated/α-hetero) is 1. The lowest BCUT2D eigenvalue weighted by atomic mass is 9.80. The van der Waals surface area contributed by atoms with E-state index in [1.807, 2.05) is 6.92 Å². The summed E-state index contributed by atoms with van der Waals surface area (Å²) in [6.07, 6.45) is 4.95. The molecule has 3 nitrogen and oxygen atoms in total. The Labute approximate surface area is 97.2 Å². The molecule has 0 aliphatic heterocycles. The molecule has 92 valence electrons. The highest BCUT2D eigenvalue weighted by atomic mass is 16.4. The highest BCUT2D eigenvalue weighted by Crippen LogP contribution is 2.39. The van der Waals surface area contributed by atoms with Crippen molar-refractivity contribution in [2.75, 3.05) is 0 Å². The van der Waals surface area contributed by atoms with Crippen LogP contribution in [0.2, 0.25) is 0 Å². The largest absolute Gasteiger partial charge is 0.481 e. The van der Waals surface area contributed by atoms with Crippen LogP contribution in [0.5, 0.6) is 0 Å². The minimum Gasteiger partial charge on any atom is -0.481 e. The first-order valence-corrected chi connectivity index (χ1v) is 6.34. The van der Waals surface area contributed by atoms with Crippen LogP contribution in [0, 0.1) is 17.8 Å². The van der Waals surface area contributed by atoms with E-state index < -0.39 is 5.97 Å². The van der Waals surface area contributed by atoms with Crippen molar-refractivity contribution >= 4 is 11.8 Å². The molecule has 0 heterocycles. The van der Waals surface area contributed by atoms with Crippen LogP contribution in [0.4, 0.5) is 0 Å². The molecule has 1 saturated carbocycles. The number of carbonyl (C=O) groups excluding carboxylic acids is 1. The fourth-order valence-electron chi connectivity index (χ4n) is 2.87. The molecule has 16 heavy (non-hydrogen) atoms. The molecular formula is C13H22O3. The van der Waals surface area contributed by atoms with Crippen LogP contribution in [0.25, 0.3) is 0 Å². The fraction of sp³-hybridized carbons (Fsp3) is 0.846. The molecule has 0 amide bonds. The molecule has 1 N–H and O–H groups in total. The molecule has 0 aromatic rings. The summed E-state index contributed by atoms with van der Waals surface area (Å²) >= 11 is 0. The van der Waals surface area contributed by atoms with Gasteiger partial charge >= 0.3 is 5.97 Å². The van der Waals surface area contributed by atoms with Crippen LogP contribution in [0.3, 0.4) is 0 Å². The fourth-order valence-corrected chi connectivity index (χ4v) is 2.87.